The van der Waals surface area contributed by atoms with Gasteiger partial charge < -0.3 is 15.4 Å². The number of carbonyl (C=O) groups is 1. The largest absolute Gasteiger partial charge is 0.444 e. The lowest BCUT2D eigenvalue weighted by molar-refractivity contribution is 0.0505. The van der Waals surface area contributed by atoms with E-state index in [9.17, 15) is 9.18 Å². The molecule has 1 saturated carbocycles. The van der Waals surface area contributed by atoms with Crippen molar-refractivity contribution in [2.24, 2.45) is 0 Å². The van der Waals surface area contributed by atoms with Crippen LogP contribution in [-0.2, 0) is 4.74 Å². The fourth-order valence-corrected chi connectivity index (χ4v) is 2.50. The molecule has 2 N–H and O–H groups in total. The molecule has 0 aromatic heterocycles. The SMILES string of the molecule is CC(C)(C)OC(=O)NC1CCC(Nc2ccc(F)cc2)C1. The predicted molar refractivity (Wildman–Crippen MR) is 80.8 cm³/mol. The highest BCUT2D eigenvalue weighted by Gasteiger charge is 2.27. The standard InChI is InChI=1S/C16H23FN2O2/c1-16(2,3)21-15(20)19-14-9-8-13(10-14)18-12-6-4-11(17)5-7-12/h4-7,13-14,18H,8-10H2,1-3H3,(H,19,20). The highest BCUT2D eigenvalue weighted by Crippen LogP contribution is 2.23. The molecule has 5 heteroatoms. The maximum atomic E-state index is 12.9. The molecular weight excluding hydrogens is 271 g/mol. The molecule has 0 radical (unpaired) electrons. The van der Waals surface area contributed by atoms with Gasteiger partial charge in [-0.3, -0.25) is 0 Å². The molecule has 2 atom stereocenters. The molecule has 4 nitrogen and oxygen atoms in total. The third kappa shape index (κ3) is 5.25. The molecule has 1 aliphatic carbocycles. The van der Waals surface area contributed by atoms with E-state index in [0.717, 1.165) is 24.9 Å². The van der Waals surface area contributed by atoms with E-state index in [0.29, 0.717) is 0 Å². The van der Waals surface area contributed by atoms with Gasteiger partial charge in [-0.15, -0.1) is 0 Å². The van der Waals surface area contributed by atoms with Crippen molar-refractivity contribution in [2.45, 2.75) is 57.7 Å². The van der Waals surface area contributed by atoms with Crippen molar-refractivity contribution in [1.82, 2.24) is 5.32 Å². The highest BCUT2D eigenvalue weighted by atomic mass is 19.1. The van der Waals surface area contributed by atoms with Gasteiger partial charge in [0.15, 0.2) is 0 Å². The summed E-state index contributed by atoms with van der Waals surface area (Å²) in [6.45, 7) is 5.54. The van der Waals surface area contributed by atoms with Gasteiger partial charge >= 0.3 is 6.09 Å². The molecule has 0 saturated heterocycles. The fourth-order valence-electron chi connectivity index (χ4n) is 2.50. The summed E-state index contributed by atoms with van der Waals surface area (Å²) in [6, 6.07) is 6.74. The second-order valence-electron chi connectivity index (χ2n) is 6.50. The number of hydrogen-bond acceptors (Lipinski definition) is 3. The molecule has 0 spiro atoms. The molecule has 1 aromatic carbocycles. The number of anilines is 1. The highest BCUT2D eigenvalue weighted by molar-refractivity contribution is 5.68. The predicted octanol–water partition coefficient (Wildman–Crippen LogP) is 3.68. The van der Waals surface area contributed by atoms with Crippen LogP contribution in [0.5, 0.6) is 0 Å². The Labute approximate surface area is 125 Å². The molecule has 1 aromatic rings. The second kappa shape index (κ2) is 6.33. The van der Waals surface area contributed by atoms with Crippen molar-refractivity contribution < 1.29 is 13.9 Å². The zero-order chi connectivity index (χ0) is 15.5. The molecule has 21 heavy (non-hydrogen) atoms. The summed E-state index contributed by atoms with van der Waals surface area (Å²) in [5.41, 5.74) is 0.424. The maximum Gasteiger partial charge on any atom is 0.407 e. The molecule has 1 aliphatic rings. The summed E-state index contributed by atoms with van der Waals surface area (Å²) in [5.74, 6) is -0.239. The van der Waals surface area contributed by atoms with Crippen LogP contribution in [0.2, 0.25) is 0 Å². The summed E-state index contributed by atoms with van der Waals surface area (Å²) in [6.07, 6.45) is 2.36. The van der Waals surface area contributed by atoms with Gasteiger partial charge in [0.25, 0.3) is 0 Å². The maximum absolute atomic E-state index is 12.9. The number of hydrogen-bond donors (Lipinski definition) is 2. The molecule has 0 bridgehead atoms. The molecule has 1 fully saturated rings. The van der Waals surface area contributed by atoms with Gasteiger partial charge in [-0.05, 0) is 64.3 Å². The Balaban J connectivity index is 1.78. The lowest BCUT2D eigenvalue weighted by Gasteiger charge is -2.22. The van der Waals surface area contributed by atoms with Crippen LogP contribution in [0.1, 0.15) is 40.0 Å². The minimum absolute atomic E-state index is 0.123. The lowest BCUT2D eigenvalue weighted by atomic mass is 10.2. The normalized spacial score (nSPS) is 21.9. The molecule has 1 amide bonds. The van der Waals surface area contributed by atoms with Crippen molar-refractivity contribution in [3.8, 4) is 0 Å². The smallest absolute Gasteiger partial charge is 0.407 e. The Morgan fingerprint density at radius 1 is 1.19 bits per heavy atom. The monoisotopic (exact) mass is 294 g/mol. The van der Waals surface area contributed by atoms with E-state index in [4.69, 9.17) is 4.74 Å². The number of halogens is 1. The Hall–Kier alpha value is -1.78. The number of carbonyl (C=O) groups excluding carboxylic acids is 1. The number of nitrogens with one attached hydrogen (secondary N) is 2. The first-order chi connectivity index (χ1) is 9.82. The summed E-state index contributed by atoms with van der Waals surface area (Å²) in [7, 11) is 0. The fraction of sp³-hybridized carbons (Fsp3) is 0.562. The first-order valence-corrected chi connectivity index (χ1v) is 7.33. The van der Waals surface area contributed by atoms with Gasteiger partial charge in [-0.2, -0.15) is 0 Å². The van der Waals surface area contributed by atoms with Gasteiger partial charge in [0, 0.05) is 17.8 Å². The number of ether oxygens (including phenoxy) is 1. The minimum atomic E-state index is -0.478. The average molecular weight is 294 g/mol. The number of rotatable bonds is 3. The van der Waals surface area contributed by atoms with Gasteiger partial charge in [-0.1, -0.05) is 0 Å². The molecule has 2 unspecified atom stereocenters. The number of alkyl carbamates (subject to hydrolysis) is 1. The van der Waals surface area contributed by atoms with Crippen LogP contribution in [0.25, 0.3) is 0 Å². The molecule has 0 aliphatic heterocycles. The van der Waals surface area contributed by atoms with Crippen molar-refractivity contribution in [3.05, 3.63) is 30.1 Å². The molecular formula is C16H23FN2O2. The third-order valence-corrected chi connectivity index (χ3v) is 3.37. The minimum Gasteiger partial charge on any atom is -0.444 e. The summed E-state index contributed by atoms with van der Waals surface area (Å²) in [5, 5.41) is 6.26. The summed E-state index contributed by atoms with van der Waals surface area (Å²) < 4.78 is 18.1. The topological polar surface area (TPSA) is 50.4 Å². The van der Waals surface area contributed by atoms with Crippen LogP contribution in [0.3, 0.4) is 0 Å². The van der Waals surface area contributed by atoms with E-state index < -0.39 is 5.60 Å². The van der Waals surface area contributed by atoms with E-state index >= 15 is 0 Å². The molecule has 116 valence electrons. The van der Waals surface area contributed by atoms with Gasteiger partial charge in [-0.25, -0.2) is 9.18 Å². The van der Waals surface area contributed by atoms with E-state index in [1.165, 1.54) is 12.1 Å². The lowest BCUT2D eigenvalue weighted by Crippen LogP contribution is -2.38. The Morgan fingerprint density at radius 2 is 1.81 bits per heavy atom. The van der Waals surface area contributed by atoms with E-state index in [-0.39, 0.29) is 24.0 Å². The Bertz CT molecular complexity index is 482. The van der Waals surface area contributed by atoms with Crippen LogP contribution in [0.4, 0.5) is 14.9 Å². The third-order valence-electron chi connectivity index (χ3n) is 3.37. The van der Waals surface area contributed by atoms with Crippen LogP contribution >= 0.6 is 0 Å². The Kier molecular flexibility index (Phi) is 4.70. The Morgan fingerprint density at radius 3 is 2.43 bits per heavy atom. The second-order valence-corrected chi connectivity index (χ2v) is 6.50. The van der Waals surface area contributed by atoms with Gasteiger partial charge in [0.05, 0.1) is 0 Å². The van der Waals surface area contributed by atoms with Crippen LogP contribution in [0.15, 0.2) is 24.3 Å². The zero-order valence-electron chi connectivity index (χ0n) is 12.8. The van der Waals surface area contributed by atoms with E-state index in [2.05, 4.69) is 10.6 Å². The van der Waals surface area contributed by atoms with Crippen molar-refractivity contribution in [3.63, 3.8) is 0 Å². The number of amides is 1. The summed E-state index contributed by atoms with van der Waals surface area (Å²) >= 11 is 0. The van der Waals surface area contributed by atoms with Crippen molar-refractivity contribution >= 4 is 11.8 Å². The van der Waals surface area contributed by atoms with Gasteiger partial charge in [0.2, 0.25) is 0 Å². The first kappa shape index (κ1) is 15.6. The van der Waals surface area contributed by atoms with E-state index in [1.54, 1.807) is 12.1 Å². The van der Waals surface area contributed by atoms with Crippen LogP contribution in [-0.4, -0.2) is 23.8 Å². The van der Waals surface area contributed by atoms with Crippen molar-refractivity contribution in [2.75, 3.05) is 5.32 Å². The van der Waals surface area contributed by atoms with Crippen molar-refractivity contribution in [1.29, 1.82) is 0 Å². The first-order valence-electron chi connectivity index (χ1n) is 7.33. The average Bonchev–Trinajstić information content (AvgIpc) is 2.77. The van der Waals surface area contributed by atoms with Gasteiger partial charge in [0.1, 0.15) is 11.4 Å². The van der Waals surface area contributed by atoms with Crippen LogP contribution in [0, 0.1) is 5.82 Å². The zero-order valence-corrected chi connectivity index (χ0v) is 12.8. The quantitative estimate of drug-likeness (QED) is 0.894. The molecule has 0 heterocycles. The molecule has 2 rings (SSSR count). The van der Waals surface area contributed by atoms with Crippen LogP contribution < -0.4 is 10.6 Å². The summed E-state index contributed by atoms with van der Waals surface area (Å²) in [4.78, 5) is 11.7. The number of benzene rings is 1. The van der Waals surface area contributed by atoms with E-state index in [1.807, 2.05) is 20.8 Å².